The minimum absolute atomic E-state index is 0.105. The first-order valence-corrected chi connectivity index (χ1v) is 9.85. The Morgan fingerprint density at radius 2 is 1.86 bits per heavy atom. The molecular weight excluding hydrogens is 357 g/mol. The van der Waals surface area contributed by atoms with Gasteiger partial charge in [0.05, 0.1) is 6.61 Å². The van der Waals surface area contributed by atoms with E-state index in [1.807, 2.05) is 31.2 Å². The van der Waals surface area contributed by atoms with Gasteiger partial charge < -0.3 is 20.3 Å². The molecule has 0 saturated carbocycles. The second-order valence-electron chi connectivity index (χ2n) is 7.20. The van der Waals surface area contributed by atoms with Gasteiger partial charge in [0.1, 0.15) is 11.6 Å². The minimum atomic E-state index is -0.233. The highest BCUT2D eigenvalue weighted by atomic mass is 19.1. The summed E-state index contributed by atoms with van der Waals surface area (Å²) in [4.78, 5) is 14.1. The van der Waals surface area contributed by atoms with Crippen LogP contribution in [0.3, 0.4) is 0 Å². The van der Waals surface area contributed by atoms with Gasteiger partial charge in [0, 0.05) is 30.9 Å². The van der Waals surface area contributed by atoms with Crippen molar-refractivity contribution in [2.24, 2.45) is 0 Å². The SMILES string of the molecule is CCCCOc1ccc(NC(=O)N2CC(NC(C)c3ccc(F)cc3)C2)cc1. The Bertz CT molecular complexity index is 758. The smallest absolute Gasteiger partial charge is 0.321 e. The molecule has 5 nitrogen and oxygen atoms in total. The predicted octanol–water partition coefficient (Wildman–Crippen LogP) is 4.57. The number of anilines is 1. The molecule has 2 aromatic rings. The van der Waals surface area contributed by atoms with Crippen LogP contribution in [0.2, 0.25) is 0 Å². The van der Waals surface area contributed by atoms with Gasteiger partial charge in [0.25, 0.3) is 0 Å². The lowest BCUT2D eigenvalue weighted by atomic mass is 10.0. The summed E-state index contributed by atoms with van der Waals surface area (Å²) in [6, 6.07) is 14.2. The standard InChI is InChI=1S/C22H28FN3O2/c1-3-4-13-28-21-11-9-19(10-12-21)25-22(27)26-14-20(15-26)24-16(2)17-5-7-18(23)8-6-17/h5-12,16,20,24H,3-4,13-15H2,1-2H3,(H,25,27). The van der Waals surface area contributed by atoms with E-state index in [0.717, 1.165) is 29.8 Å². The molecule has 1 fully saturated rings. The number of carbonyl (C=O) groups excluding carboxylic acids is 1. The average Bonchev–Trinajstić information content (AvgIpc) is 2.66. The van der Waals surface area contributed by atoms with E-state index in [9.17, 15) is 9.18 Å². The second kappa shape index (κ2) is 9.55. The fraction of sp³-hybridized carbons (Fsp3) is 0.409. The lowest BCUT2D eigenvalue weighted by Gasteiger charge is -2.41. The molecule has 1 aliphatic heterocycles. The maximum atomic E-state index is 13.0. The number of carbonyl (C=O) groups is 1. The number of nitrogens with one attached hydrogen (secondary N) is 2. The van der Waals surface area contributed by atoms with Crippen LogP contribution in [0.15, 0.2) is 48.5 Å². The molecule has 1 atom stereocenters. The van der Waals surface area contributed by atoms with Crippen molar-refractivity contribution in [3.63, 3.8) is 0 Å². The highest BCUT2D eigenvalue weighted by Gasteiger charge is 2.31. The molecule has 1 heterocycles. The van der Waals surface area contributed by atoms with Gasteiger partial charge in [0.15, 0.2) is 0 Å². The van der Waals surface area contributed by atoms with E-state index < -0.39 is 0 Å². The first-order chi connectivity index (χ1) is 13.5. The normalized spacial score (nSPS) is 15.0. The molecule has 6 heteroatoms. The lowest BCUT2D eigenvalue weighted by molar-refractivity contribution is 0.143. The second-order valence-corrected chi connectivity index (χ2v) is 7.20. The Kier molecular flexibility index (Phi) is 6.87. The van der Waals surface area contributed by atoms with Crippen molar-refractivity contribution in [2.45, 2.75) is 38.8 Å². The zero-order chi connectivity index (χ0) is 19.9. The van der Waals surface area contributed by atoms with Crippen LogP contribution in [0.1, 0.15) is 38.3 Å². The van der Waals surface area contributed by atoms with Crippen molar-refractivity contribution in [2.75, 3.05) is 25.0 Å². The maximum absolute atomic E-state index is 13.0. The third kappa shape index (κ3) is 5.45. The lowest BCUT2D eigenvalue weighted by Crippen LogP contribution is -2.61. The number of hydrogen-bond acceptors (Lipinski definition) is 3. The van der Waals surface area contributed by atoms with E-state index in [0.29, 0.717) is 19.7 Å². The van der Waals surface area contributed by atoms with Crippen LogP contribution in [0, 0.1) is 5.82 Å². The molecule has 150 valence electrons. The summed E-state index contributed by atoms with van der Waals surface area (Å²) in [5.41, 5.74) is 1.79. The van der Waals surface area contributed by atoms with E-state index in [2.05, 4.69) is 17.6 Å². The Hall–Kier alpha value is -2.60. The molecule has 1 saturated heterocycles. The van der Waals surface area contributed by atoms with E-state index >= 15 is 0 Å². The first kappa shape index (κ1) is 20.1. The molecule has 0 bridgehead atoms. The van der Waals surface area contributed by atoms with Crippen LogP contribution in [-0.4, -0.2) is 36.7 Å². The zero-order valence-corrected chi connectivity index (χ0v) is 16.5. The van der Waals surface area contributed by atoms with Crippen molar-refractivity contribution in [3.05, 3.63) is 59.9 Å². The van der Waals surface area contributed by atoms with Gasteiger partial charge in [-0.05, 0) is 55.3 Å². The van der Waals surface area contributed by atoms with Gasteiger partial charge in [0.2, 0.25) is 0 Å². The molecular formula is C22H28FN3O2. The minimum Gasteiger partial charge on any atom is -0.494 e. The van der Waals surface area contributed by atoms with Gasteiger partial charge >= 0.3 is 6.03 Å². The number of halogens is 1. The van der Waals surface area contributed by atoms with E-state index in [1.165, 1.54) is 12.1 Å². The number of likely N-dealkylation sites (tertiary alicyclic amines) is 1. The molecule has 3 rings (SSSR count). The molecule has 0 aromatic heterocycles. The number of urea groups is 1. The average molecular weight is 385 g/mol. The summed E-state index contributed by atoms with van der Waals surface area (Å²) in [5.74, 6) is 0.581. The van der Waals surface area contributed by atoms with Crippen LogP contribution in [0.4, 0.5) is 14.9 Å². The molecule has 2 aromatic carbocycles. The summed E-state index contributed by atoms with van der Waals surface area (Å²) in [5, 5.41) is 6.38. The number of hydrogen-bond donors (Lipinski definition) is 2. The number of unbranched alkanes of at least 4 members (excludes halogenated alkanes) is 1. The summed E-state index contributed by atoms with van der Waals surface area (Å²) in [7, 11) is 0. The molecule has 0 aliphatic carbocycles. The molecule has 0 spiro atoms. The van der Waals surface area contributed by atoms with Crippen molar-refractivity contribution >= 4 is 11.7 Å². The molecule has 1 unspecified atom stereocenters. The summed E-state index contributed by atoms with van der Waals surface area (Å²) in [6.45, 7) is 6.17. The molecule has 1 aliphatic rings. The van der Waals surface area contributed by atoms with Gasteiger partial charge in [-0.1, -0.05) is 25.5 Å². The van der Waals surface area contributed by atoms with Crippen molar-refractivity contribution < 1.29 is 13.9 Å². The van der Waals surface area contributed by atoms with Crippen molar-refractivity contribution in [3.8, 4) is 5.75 Å². The fourth-order valence-corrected chi connectivity index (χ4v) is 3.12. The molecule has 2 amide bonds. The Morgan fingerprint density at radius 3 is 2.50 bits per heavy atom. The summed E-state index contributed by atoms with van der Waals surface area (Å²) in [6.07, 6.45) is 2.13. The summed E-state index contributed by atoms with van der Waals surface area (Å²) >= 11 is 0. The quantitative estimate of drug-likeness (QED) is 0.655. The zero-order valence-electron chi connectivity index (χ0n) is 16.5. The largest absolute Gasteiger partial charge is 0.494 e. The van der Waals surface area contributed by atoms with Crippen LogP contribution < -0.4 is 15.4 Å². The maximum Gasteiger partial charge on any atom is 0.321 e. The van der Waals surface area contributed by atoms with Crippen LogP contribution in [0.5, 0.6) is 5.75 Å². The first-order valence-electron chi connectivity index (χ1n) is 9.85. The monoisotopic (exact) mass is 385 g/mol. The summed E-state index contributed by atoms with van der Waals surface area (Å²) < 4.78 is 18.7. The molecule has 0 radical (unpaired) electrons. The molecule has 2 N–H and O–H groups in total. The molecule has 28 heavy (non-hydrogen) atoms. The van der Waals surface area contributed by atoms with Crippen molar-refractivity contribution in [1.29, 1.82) is 0 Å². The third-order valence-corrected chi connectivity index (χ3v) is 4.90. The van der Waals surface area contributed by atoms with Crippen LogP contribution in [0.25, 0.3) is 0 Å². The van der Waals surface area contributed by atoms with Gasteiger partial charge in [-0.3, -0.25) is 0 Å². The third-order valence-electron chi connectivity index (χ3n) is 4.90. The number of nitrogens with zero attached hydrogens (tertiary/aromatic N) is 1. The number of rotatable bonds is 8. The van der Waals surface area contributed by atoms with Crippen molar-refractivity contribution in [1.82, 2.24) is 10.2 Å². The highest BCUT2D eigenvalue weighted by Crippen LogP contribution is 2.20. The van der Waals surface area contributed by atoms with E-state index in [4.69, 9.17) is 4.74 Å². The van der Waals surface area contributed by atoms with Gasteiger partial charge in [-0.15, -0.1) is 0 Å². The Labute approximate surface area is 165 Å². The van der Waals surface area contributed by atoms with Gasteiger partial charge in [-0.2, -0.15) is 0 Å². The number of amides is 2. The van der Waals surface area contributed by atoms with Gasteiger partial charge in [-0.25, -0.2) is 9.18 Å². The Morgan fingerprint density at radius 1 is 1.18 bits per heavy atom. The highest BCUT2D eigenvalue weighted by molar-refractivity contribution is 5.90. The van der Waals surface area contributed by atoms with Crippen LogP contribution in [-0.2, 0) is 0 Å². The van der Waals surface area contributed by atoms with Crippen LogP contribution >= 0.6 is 0 Å². The van der Waals surface area contributed by atoms with E-state index in [1.54, 1.807) is 17.0 Å². The van der Waals surface area contributed by atoms with E-state index in [-0.39, 0.29) is 23.9 Å². The topological polar surface area (TPSA) is 53.6 Å². The fourth-order valence-electron chi connectivity index (χ4n) is 3.12. The predicted molar refractivity (Wildman–Crippen MR) is 109 cm³/mol. The Balaban J connectivity index is 1.40. The number of ether oxygens (including phenoxy) is 1. The number of benzene rings is 2.